The van der Waals surface area contributed by atoms with Gasteiger partial charge in [0, 0.05) is 19.2 Å². The van der Waals surface area contributed by atoms with E-state index < -0.39 is 6.10 Å². The Morgan fingerprint density at radius 2 is 1.78 bits per heavy atom. The van der Waals surface area contributed by atoms with Crippen LogP contribution in [0.2, 0.25) is 0 Å². The molecule has 1 aliphatic heterocycles. The summed E-state index contributed by atoms with van der Waals surface area (Å²) in [6.45, 7) is 3.83. The average Bonchev–Trinajstić information content (AvgIpc) is 3.15. The lowest BCUT2D eigenvalue weighted by molar-refractivity contribution is -0.142. The minimum Gasteiger partial charge on any atom is -0.382 e. The Balaban J connectivity index is 1.56. The minimum absolute atomic E-state index is 0.0485. The van der Waals surface area contributed by atoms with Crippen molar-refractivity contribution >= 4 is 23.2 Å². The van der Waals surface area contributed by atoms with Gasteiger partial charge in [-0.2, -0.15) is 0 Å². The van der Waals surface area contributed by atoms with Crippen LogP contribution in [0.5, 0.6) is 0 Å². The summed E-state index contributed by atoms with van der Waals surface area (Å²) in [6, 6.07) is 15.4. The first kappa shape index (κ1) is 18.6. The maximum atomic E-state index is 12.6. The van der Waals surface area contributed by atoms with Crippen LogP contribution in [0.1, 0.15) is 23.1 Å². The zero-order valence-electron chi connectivity index (χ0n) is 15.7. The number of nitrogens with one attached hydrogen (secondary N) is 1. The lowest BCUT2D eigenvalue weighted by Gasteiger charge is -2.20. The van der Waals surface area contributed by atoms with E-state index in [-0.39, 0.29) is 18.4 Å². The summed E-state index contributed by atoms with van der Waals surface area (Å²) in [5, 5.41) is 6.92. The number of para-hydroxylation sites is 1. The maximum Gasteiger partial charge on any atom is 0.267 e. The zero-order chi connectivity index (χ0) is 19.4. The molecule has 0 spiro atoms. The largest absolute Gasteiger partial charge is 0.382 e. The van der Waals surface area contributed by atoms with Gasteiger partial charge in [0.15, 0.2) is 0 Å². The Bertz CT molecular complexity index is 857. The van der Waals surface area contributed by atoms with Crippen molar-refractivity contribution in [2.75, 3.05) is 18.9 Å². The number of hydrogen-bond donors (Lipinski definition) is 1. The van der Waals surface area contributed by atoms with Gasteiger partial charge in [0.05, 0.1) is 12.3 Å². The van der Waals surface area contributed by atoms with Crippen molar-refractivity contribution in [1.82, 2.24) is 4.90 Å². The lowest BCUT2D eigenvalue weighted by Crippen LogP contribution is -2.41. The number of carbonyl (C=O) groups is 2. The standard InChI is InChI=1S/C21H23N3O3/c1-14-8-7-9-15(2)20(14)22-19(25)13-24(3)21(26)18-12-17(23-27-18)16-10-5-4-6-11-16/h4-11,18H,12-13H2,1-3H3,(H,22,25). The van der Waals surface area contributed by atoms with Gasteiger partial charge in [0.1, 0.15) is 0 Å². The maximum absolute atomic E-state index is 12.6. The van der Waals surface area contributed by atoms with E-state index in [2.05, 4.69) is 10.5 Å². The van der Waals surface area contributed by atoms with Crippen molar-refractivity contribution in [2.45, 2.75) is 26.4 Å². The summed E-state index contributed by atoms with van der Waals surface area (Å²) in [5.74, 6) is -0.508. The van der Waals surface area contributed by atoms with Crippen LogP contribution in [0.3, 0.4) is 0 Å². The Kier molecular flexibility index (Phi) is 5.54. The minimum atomic E-state index is -0.696. The zero-order valence-corrected chi connectivity index (χ0v) is 15.7. The molecule has 0 fully saturated rings. The molecule has 1 aliphatic rings. The molecular formula is C21H23N3O3. The molecule has 2 aromatic rings. The van der Waals surface area contributed by atoms with E-state index in [1.807, 2.05) is 62.4 Å². The van der Waals surface area contributed by atoms with Crippen molar-refractivity contribution in [3.8, 4) is 0 Å². The number of oxime groups is 1. The summed E-state index contributed by atoms with van der Waals surface area (Å²) in [7, 11) is 1.59. The van der Waals surface area contributed by atoms with E-state index >= 15 is 0 Å². The number of carbonyl (C=O) groups excluding carboxylic acids is 2. The number of hydrogen-bond acceptors (Lipinski definition) is 4. The first-order valence-corrected chi connectivity index (χ1v) is 8.85. The first-order valence-electron chi connectivity index (χ1n) is 8.85. The van der Waals surface area contributed by atoms with E-state index in [0.29, 0.717) is 6.42 Å². The Labute approximate surface area is 158 Å². The van der Waals surface area contributed by atoms with Crippen molar-refractivity contribution in [3.63, 3.8) is 0 Å². The third-order valence-corrected chi connectivity index (χ3v) is 4.55. The normalized spacial score (nSPS) is 15.7. The molecule has 1 unspecified atom stereocenters. The SMILES string of the molecule is Cc1cccc(C)c1NC(=O)CN(C)C(=O)C1CC(c2ccccc2)=NO1. The number of rotatable bonds is 5. The molecule has 0 aromatic heterocycles. The average molecular weight is 365 g/mol. The van der Waals surface area contributed by atoms with Crippen LogP contribution in [0, 0.1) is 13.8 Å². The van der Waals surface area contributed by atoms with Crippen molar-refractivity contribution in [1.29, 1.82) is 0 Å². The molecule has 0 bridgehead atoms. The molecule has 0 saturated heterocycles. The highest BCUT2D eigenvalue weighted by Gasteiger charge is 2.31. The molecule has 6 nitrogen and oxygen atoms in total. The highest BCUT2D eigenvalue weighted by Crippen LogP contribution is 2.20. The van der Waals surface area contributed by atoms with Crippen LogP contribution in [0.15, 0.2) is 53.7 Å². The molecule has 2 amide bonds. The molecule has 0 aliphatic carbocycles. The predicted molar refractivity (Wildman–Crippen MR) is 105 cm³/mol. The molecule has 0 radical (unpaired) electrons. The highest BCUT2D eigenvalue weighted by atomic mass is 16.6. The van der Waals surface area contributed by atoms with E-state index in [1.54, 1.807) is 7.05 Å². The Hall–Kier alpha value is -3.15. The van der Waals surface area contributed by atoms with Gasteiger partial charge in [-0.3, -0.25) is 9.59 Å². The third kappa shape index (κ3) is 4.34. The molecule has 1 heterocycles. The fourth-order valence-electron chi connectivity index (χ4n) is 3.04. The molecule has 3 rings (SSSR count). The van der Waals surface area contributed by atoms with Gasteiger partial charge >= 0.3 is 0 Å². The molecule has 6 heteroatoms. The van der Waals surface area contributed by atoms with Crippen LogP contribution in [0.25, 0.3) is 0 Å². The van der Waals surface area contributed by atoms with Crippen LogP contribution in [-0.2, 0) is 14.4 Å². The van der Waals surface area contributed by atoms with Crippen LogP contribution in [0.4, 0.5) is 5.69 Å². The van der Waals surface area contributed by atoms with Gasteiger partial charge in [0.25, 0.3) is 5.91 Å². The van der Waals surface area contributed by atoms with Crippen LogP contribution < -0.4 is 5.32 Å². The second-order valence-corrected chi connectivity index (χ2v) is 6.71. The second kappa shape index (κ2) is 8.03. The smallest absolute Gasteiger partial charge is 0.267 e. The fourth-order valence-corrected chi connectivity index (χ4v) is 3.04. The number of benzene rings is 2. The van der Waals surface area contributed by atoms with E-state index in [4.69, 9.17) is 4.84 Å². The fraction of sp³-hybridized carbons (Fsp3) is 0.286. The van der Waals surface area contributed by atoms with Gasteiger partial charge in [0.2, 0.25) is 12.0 Å². The number of likely N-dealkylation sites (N-methyl/N-ethyl adjacent to an activating group) is 1. The number of aryl methyl sites for hydroxylation is 2. The molecule has 27 heavy (non-hydrogen) atoms. The Morgan fingerprint density at radius 3 is 2.44 bits per heavy atom. The van der Waals surface area contributed by atoms with E-state index in [9.17, 15) is 9.59 Å². The van der Waals surface area contributed by atoms with Gasteiger partial charge in [-0.05, 0) is 30.5 Å². The highest BCUT2D eigenvalue weighted by molar-refractivity contribution is 6.04. The van der Waals surface area contributed by atoms with Crippen molar-refractivity contribution in [2.24, 2.45) is 5.16 Å². The summed E-state index contributed by atoms with van der Waals surface area (Å²) in [6.07, 6.45) is -0.302. The lowest BCUT2D eigenvalue weighted by atomic mass is 10.0. The number of nitrogens with zero attached hydrogens (tertiary/aromatic N) is 2. The molecule has 0 saturated carbocycles. The topological polar surface area (TPSA) is 71.0 Å². The Morgan fingerprint density at radius 1 is 1.11 bits per heavy atom. The molecular weight excluding hydrogens is 342 g/mol. The summed E-state index contributed by atoms with van der Waals surface area (Å²) in [5.41, 5.74) is 4.43. The number of amides is 2. The predicted octanol–water partition coefficient (Wildman–Crippen LogP) is 2.89. The van der Waals surface area contributed by atoms with Crippen LogP contribution in [-0.4, -0.2) is 42.1 Å². The van der Waals surface area contributed by atoms with Crippen molar-refractivity contribution in [3.05, 3.63) is 65.2 Å². The summed E-state index contributed by atoms with van der Waals surface area (Å²) >= 11 is 0. The third-order valence-electron chi connectivity index (χ3n) is 4.55. The van der Waals surface area contributed by atoms with Gasteiger partial charge in [-0.1, -0.05) is 53.7 Å². The monoisotopic (exact) mass is 365 g/mol. The van der Waals surface area contributed by atoms with Gasteiger partial charge in [-0.15, -0.1) is 0 Å². The quantitative estimate of drug-likeness (QED) is 0.886. The van der Waals surface area contributed by atoms with Crippen molar-refractivity contribution < 1.29 is 14.4 Å². The molecule has 1 N–H and O–H groups in total. The van der Waals surface area contributed by atoms with E-state index in [0.717, 1.165) is 28.1 Å². The number of anilines is 1. The second-order valence-electron chi connectivity index (χ2n) is 6.71. The van der Waals surface area contributed by atoms with Crippen LogP contribution >= 0.6 is 0 Å². The summed E-state index contributed by atoms with van der Waals surface area (Å²) in [4.78, 5) is 31.6. The van der Waals surface area contributed by atoms with E-state index in [1.165, 1.54) is 4.90 Å². The summed E-state index contributed by atoms with van der Waals surface area (Å²) < 4.78 is 0. The first-order chi connectivity index (χ1) is 13.0. The van der Waals surface area contributed by atoms with Gasteiger partial charge in [-0.25, -0.2) is 0 Å². The molecule has 1 atom stereocenters. The van der Waals surface area contributed by atoms with Gasteiger partial charge < -0.3 is 15.1 Å². The molecule has 2 aromatic carbocycles. The molecule has 140 valence electrons.